The van der Waals surface area contributed by atoms with E-state index in [9.17, 15) is 10.1 Å². The van der Waals surface area contributed by atoms with E-state index in [1.165, 1.54) is 6.07 Å². The van der Waals surface area contributed by atoms with Gasteiger partial charge in [-0.05, 0) is 25.5 Å². The minimum atomic E-state index is -0.336. The fourth-order valence-corrected chi connectivity index (χ4v) is 1.97. The zero-order valence-electron chi connectivity index (χ0n) is 9.19. The van der Waals surface area contributed by atoms with Crippen LogP contribution in [0.15, 0.2) is 18.2 Å². The van der Waals surface area contributed by atoms with Crippen LogP contribution in [0.25, 0.3) is 0 Å². The van der Waals surface area contributed by atoms with E-state index >= 15 is 0 Å². The van der Waals surface area contributed by atoms with E-state index in [2.05, 4.69) is 10.6 Å². The summed E-state index contributed by atoms with van der Waals surface area (Å²) in [5, 5.41) is 17.4. The lowest BCUT2D eigenvalue weighted by Crippen LogP contribution is -2.23. The van der Waals surface area contributed by atoms with Gasteiger partial charge < -0.3 is 10.6 Å². The van der Waals surface area contributed by atoms with Crippen LogP contribution in [-0.2, 0) is 0 Å². The Balaban J connectivity index is 2.26. The molecule has 1 fully saturated rings. The summed E-state index contributed by atoms with van der Waals surface area (Å²) in [5.41, 5.74) is 1.73. The minimum absolute atomic E-state index is 0.159. The van der Waals surface area contributed by atoms with Crippen LogP contribution in [-0.4, -0.2) is 24.1 Å². The number of benzene rings is 1. The normalized spacial score (nSPS) is 19.7. The van der Waals surface area contributed by atoms with Gasteiger partial charge in [0.05, 0.1) is 4.92 Å². The molecule has 0 radical (unpaired) electrons. The first-order valence-corrected chi connectivity index (χ1v) is 5.40. The number of hydrogen-bond donors (Lipinski definition) is 2. The largest absolute Gasteiger partial charge is 0.375 e. The summed E-state index contributed by atoms with van der Waals surface area (Å²) >= 11 is 0. The van der Waals surface area contributed by atoms with Crippen molar-refractivity contribution in [2.24, 2.45) is 0 Å². The van der Waals surface area contributed by atoms with Crippen molar-refractivity contribution in [3.63, 3.8) is 0 Å². The maximum atomic E-state index is 10.9. The second-order valence-electron chi connectivity index (χ2n) is 4.06. The molecule has 1 aliphatic rings. The Bertz CT molecular complexity index is 400. The van der Waals surface area contributed by atoms with Gasteiger partial charge in [-0.15, -0.1) is 0 Å². The Morgan fingerprint density at radius 3 is 3.00 bits per heavy atom. The predicted molar refractivity (Wildman–Crippen MR) is 62.7 cm³/mol. The molecule has 1 saturated heterocycles. The third-order valence-corrected chi connectivity index (χ3v) is 2.86. The molecule has 86 valence electrons. The summed E-state index contributed by atoms with van der Waals surface area (Å²) < 4.78 is 0. The van der Waals surface area contributed by atoms with Crippen molar-refractivity contribution >= 4 is 11.4 Å². The third kappa shape index (κ3) is 2.14. The number of hydrogen-bond acceptors (Lipinski definition) is 4. The minimum Gasteiger partial charge on any atom is -0.375 e. The van der Waals surface area contributed by atoms with Gasteiger partial charge in [0.2, 0.25) is 0 Å². The fourth-order valence-electron chi connectivity index (χ4n) is 1.97. The summed E-state index contributed by atoms with van der Waals surface area (Å²) in [6, 6.07) is 5.43. The molecular formula is C11H15N3O2. The standard InChI is InChI=1S/C11H15N3O2/c1-8-3-2-4-10(14(15)16)11(8)13-9-5-6-12-7-9/h2-4,9,12-13H,5-7H2,1H3. The van der Waals surface area contributed by atoms with Gasteiger partial charge in [0.1, 0.15) is 5.69 Å². The summed E-state index contributed by atoms with van der Waals surface area (Å²) in [6.45, 7) is 3.72. The van der Waals surface area contributed by atoms with E-state index in [0.29, 0.717) is 11.7 Å². The molecule has 1 aliphatic heterocycles. The average molecular weight is 221 g/mol. The first-order chi connectivity index (χ1) is 7.68. The number of rotatable bonds is 3. The van der Waals surface area contributed by atoms with Gasteiger partial charge in [0, 0.05) is 18.7 Å². The molecule has 0 aliphatic carbocycles. The Hall–Kier alpha value is -1.62. The zero-order valence-corrected chi connectivity index (χ0v) is 9.19. The van der Waals surface area contributed by atoms with Gasteiger partial charge in [-0.3, -0.25) is 10.1 Å². The molecule has 1 atom stereocenters. The lowest BCUT2D eigenvalue weighted by atomic mass is 10.1. The van der Waals surface area contributed by atoms with E-state index < -0.39 is 0 Å². The Kier molecular flexibility index (Phi) is 3.05. The topological polar surface area (TPSA) is 67.2 Å². The molecule has 1 unspecified atom stereocenters. The molecule has 1 aromatic carbocycles. The van der Waals surface area contributed by atoms with Gasteiger partial charge >= 0.3 is 0 Å². The van der Waals surface area contributed by atoms with Gasteiger partial charge in [0.15, 0.2) is 0 Å². The van der Waals surface area contributed by atoms with Crippen LogP contribution in [0.3, 0.4) is 0 Å². The van der Waals surface area contributed by atoms with Crippen LogP contribution in [0, 0.1) is 17.0 Å². The quantitative estimate of drug-likeness (QED) is 0.602. The third-order valence-electron chi connectivity index (χ3n) is 2.86. The molecule has 2 N–H and O–H groups in total. The first-order valence-electron chi connectivity index (χ1n) is 5.40. The average Bonchev–Trinajstić information content (AvgIpc) is 2.73. The van der Waals surface area contributed by atoms with Crippen LogP contribution in [0.1, 0.15) is 12.0 Å². The lowest BCUT2D eigenvalue weighted by Gasteiger charge is -2.14. The van der Waals surface area contributed by atoms with Crippen molar-refractivity contribution in [2.75, 3.05) is 18.4 Å². The smallest absolute Gasteiger partial charge is 0.292 e. The van der Waals surface area contributed by atoms with E-state index in [0.717, 1.165) is 25.1 Å². The highest BCUT2D eigenvalue weighted by molar-refractivity contribution is 5.66. The first kappa shape index (κ1) is 10.9. The Morgan fingerprint density at radius 2 is 2.38 bits per heavy atom. The molecule has 1 aromatic rings. The SMILES string of the molecule is Cc1cccc([N+](=O)[O-])c1NC1CCNC1. The van der Waals surface area contributed by atoms with Crippen molar-refractivity contribution in [3.8, 4) is 0 Å². The molecule has 2 rings (SSSR count). The van der Waals surface area contributed by atoms with E-state index in [-0.39, 0.29) is 10.6 Å². The molecule has 0 saturated carbocycles. The molecule has 0 aromatic heterocycles. The highest BCUT2D eigenvalue weighted by Crippen LogP contribution is 2.28. The fraction of sp³-hybridized carbons (Fsp3) is 0.455. The molecule has 0 amide bonds. The van der Waals surface area contributed by atoms with Gasteiger partial charge in [-0.25, -0.2) is 0 Å². The van der Waals surface area contributed by atoms with Crippen LogP contribution in [0.2, 0.25) is 0 Å². The number of nitro benzene ring substituents is 1. The number of nitrogens with one attached hydrogen (secondary N) is 2. The van der Waals surface area contributed by atoms with Gasteiger partial charge in [0.25, 0.3) is 5.69 Å². The summed E-state index contributed by atoms with van der Waals surface area (Å²) in [4.78, 5) is 10.6. The van der Waals surface area contributed by atoms with Gasteiger partial charge in [-0.2, -0.15) is 0 Å². The molecule has 0 bridgehead atoms. The molecule has 0 spiro atoms. The van der Waals surface area contributed by atoms with Crippen molar-refractivity contribution in [2.45, 2.75) is 19.4 Å². The number of anilines is 1. The van der Waals surface area contributed by atoms with Crippen molar-refractivity contribution < 1.29 is 4.92 Å². The van der Waals surface area contributed by atoms with E-state index in [1.54, 1.807) is 6.07 Å². The van der Waals surface area contributed by atoms with Crippen molar-refractivity contribution in [3.05, 3.63) is 33.9 Å². The number of nitro groups is 1. The highest BCUT2D eigenvalue weighted by atomic mass is 16.6. The van der Waals surface area contributed by atoms with Crippen LogP contribution >= 0.6 is 0 Å². The Morgan fingerprint density at radius 1 is 1.56 bits per heavy atom. The van der Waals surface area contributed by atoms with E-state index in [4.69, 9.17) is 0 Å². The maximum absolute atomic E-state index is 10.9. The molecule has 5 nitrogen and oxygen atoms in total. The van der Waals surface area contributed by atoms with Crippen molar-refractivity contribution in [1.82, 2.24) is 5.32 Å². The monoisotopic (exact) mass is 221 g/mol. The van der Waals surface area contributed by atoms with Crippen LogP contribution < -0.4 is 10.6 Å². The number of nitrogens with zero attached hydrogens (tertiary/aromatic N) is 1. The summed E-state index contributed by atoms with van der Waals surface area (Å²) in [7, 11) is 0. The second-order valence-corrected chi connectivity index (χ2v) is 4.06. The lowest BCUT2D eigenvalue weighted by molar-refractivity contribution is -0.384. The van der Waals surface area contributed by atoms with Crippen molar-refractivity contribution in [1.29, 1.82) is 0 Å². The molecule has 5 heteroatoms. The summed E-state index contributed by atoms with van der Waals surface area (Å²) in [5.74, 6) is 0. The number of aryl methyl sites for hydroxylation is 1. The Labute approximate surface area is 94.0 Å². The highest BCUT2D eigenvalue weighted by Gasteiger charge is 2.20. The van der Waals surface area contributed by atoms with Crippen LogP contribution in [0.5, 0.6) is 0 Å². The zero-order chi connectivity index (χ0) is 11.5. The second kappa shape index (κ2) is 4.49. The predicted octanol–water partition coefficient (Wildman–Crippen LogP) is 1.68. The van der Waals surface area contributed by atoms with E-state index in [1.807, 2.05) is 13.0 Å². The van der Waals surface area contributed by atoms with Gasteiger partial charge in [-0.1, -0.05) is 12.1 Å². The summed E-state index contributed by atoms with van der Waals surface area (Å²) in [6.07, 6.45) is 1.01. The molecule has 16 heavy (non-hydrogen) atoms. The maximum Gasteiger partial charge on any atom is 0.292 e. The van der Waals surface area contributed by atoms with Crippen LogP contribution in [0.4, 0.5) is 11.4 Å². The molecular weight excluding hydrogens is 206 g/mol. The molecule has 1 heterocycles. The number of para-hydroxylation sites is 1.